The van der Waals surface area contributed by atoms with Crippen LogP contribution in [0.5, 0.6) is 0 Å². The third kappa shape index (κ3) is 6.18. The second-order valence-corrected chi connectivity index (χ2v) is 18.2. The smallest absolute Gasteiger partial charge is 0.164 e. The molecule has 1 spiro atoms. The molecule has 326 valence electrons. The van der Waals surface area contributed by atoms with Crippen molar-refractivity contribution in [3.63, 3.8) is 0 Å². The normalized spacial score (nSPS) is 14.1. The SMILES string of the molecule is c1ccc(-c2nc(-c3ccccc3)nc(-c3cccc(-c4ccc5c(c4)C4(c6ccccc6-5)c5ccccc5-c5ccc(-c6cccc(-c7nc8ccccc8n7-c7ccccc7)c6)cc54)c3)n2)cc1. The molecule has 70 heavy (non-hydrogen) atoms. The Morgan fingerprint density at radius 1 is 0.271 bits per heavy atom. The first kappa shape index (κ1) is 39.8. The number of hydrogen-bond donors (Lipinski definition) is 0. The molecule has 1 atom stereocenters. The summed E-state index contributed by atoms with van der Waals surface area (Å²) in [5.74, 6) is 2.83. The Balaban J connectivity index is 0.920. The minimum atomic E-state index is -0.552. The van der Waals surface area contributed by atoms with E-state index in [2.05, 4.69) is 193 Å². The number of aromatic nitrogens is 5. The highest BCUT2D eigenvalue weighted by Crippen LogP contribution is 2.63. The minimum Gasteiger partial charge on any atom is -0.292 e. The van der Waals surface area contributed by atoms with Gasteiger partial charge in [0.25, 0.3) is 0 Å². The van der Waals surface area contributed by atoms with Crippen LogP contribution in [-0.4, -0.2) is 24.5 Å². The summed E-state index contributed by atoms with van der Waals surface area (Å²) in [7, 11) is 0. The maximum atomic E-state index is 5.23. The van der Waals surface area contributed by atoms with E-state index in [4.69, 9.17) is 19.9 Å². The number of para-hydroxylation sites is 3. The van der Waals surface area contributed by atoms with Gasteiger partial charge in [0.2, 0.25) is 0 Å². The summed E-state index contributed by atoms with van der Waals surface area (Å²) >= 11 is 0. The number of nitrogens with zero attached hydrogens (tertiary/aromatic N) is 5. The van der Waals surface area contributed by atoms with E-state index in [1.54, 1.807) is 0 Å². The van der Waals surface area contributed by atoms with Gasteiger partial charge < -0.3 is 0 Å². The van der Waals surface area contributed by atoms with Gasteiger partial charge in [-0.3, -0.25) is 4.57 Å². The zero-order valence-electron chi connectivity index (χ0n) is 37.9. The summed E-state index contributed by atoms with van der Waals surface area (Å²) in [5.41, 5.74) is 21.2. The van der Waals surface area contributed by atoms with E-state index < -0.39 is 5.41 Å². The second-order valence-electron chi connectivity index (χ2n) is 18.2. The number of benzene rings is 10. The lowest BCUT2D eigenvalue weighted by Crippen LogP contribution is -2.26. The molecule has 2 heterocycles. The average Bonchev–Trinajstić information content (AvgIpc) is 4.08. The van der Waals surface area contributed by atoms with Crippen LogP contribution < -0.4 is 0 Å². The third-order valence-electron chi connectivity index (χ3n) is 14.3. The number of imidazole rings is 1. The highest BCUT2D eigenvalue weighted by atomic mass is 15.1. The molecule has 0 aliphatic heterocycles. The Morgan fingerprint density at radius 2 is 0.686 bits per heavy atom. The van der Waals surface area contributed by atoms with Gasteiger partial charge >= 0.3 is 0 Å². The monoisotopic (exact) mass is 891 g/mol. The van der Waals surface area contributed by atoms with Gasteiger partial charge in [-0.15, -0.1) is 0 Å². The Labute approximate surface area is 405 Å². The fourth-order valence-electron chi connectivity index (χ4n) is 11.2. The summed E-state index contributed by atoms with van der Waals surface area (Å²) in [6, 6.07) is 88.9. The lowest BCUT2D eigenvalue weighted by Gasteiger charge is -2.31. The van der Waals surface area contributed by atoms with Crippen molar-refractivity contribution >= 4 is 11.0 Å². The zero-order valence-corrected chi connectivity index (χ0v) is 37.9. The first-order chi connectivity index (χ1) is 34.7. The summed E-state index contributed by atoms with van der Waals surface area (Å²) in [6.07, 6.45) is 0. The molecule has 0 amide bonds. The molecule has 0 fully saturated rings. The van der Waals surface area contributed by atoms with E-state index in [9.17, 15) is 0 Å². The number of rotatable bonds is 7. The van der Waals surface area contributed by atoms with Crippen LogP contribution in [0.25, 0.3) is 107 Å². The predicted molar refractivity (Wildman–Crippen MR) is 283 cm³/mol. The Bertz CT molecular complexity index is 3940. The van der Waals surface area contributed by atoms with Gasteiger partial charge in [-0.1, -0.05) is 200 Å². The van der Waals surface area contributed by atoms with Gasteiger partial charge in [-0.2, -0.15) is 0 Å². The summed E-state index contributed by atoms with van der Waals surface area (Å²) < 4.78 is 2.27. The van der Waals surface area contributed by atoms with Gasteiger partial charge in [0, 0.05) is 27.9 Å². The van der Waals surface area contributed by atoms with Crippen molar-refractivity contribution in [1.82, 2.24) is 24.5 Å². The van der Waals surface area contributed by atoms with E-state index in [0.717, 1.165) is 67.1 Å². The van der Waals surface area contributed by atoms with Crippen LogP contribution in [0.15, 0.2) is 249 Å². The van der Waals surface area contributed by atoms with Gasteiger partial charge in [-0.05, 0) is 115 Å². The van der Waals surface area contributed by atoms with Gasteiger partial charge in [-0.25, -0.2) is 19.9 Å². The third-order valence-corrected chi connectivity index (χ3v) is 14.3. The fraction of sp³-hybridized carbons (Fsp3) is 0.0154. The fourth-order valence-corrected chi connectivity index (χ4v) is 11.2. The molecule has 0 saturated carbocycles. The van der Waals surface area contributed by atoms with E-state index in [1.807, 2.05) is 60.7 Å². The van der Waals surface area contributed by atoms with Crippen molar-refractivity contribution in [3.8, 4) is 95.7 Å². The molecule has 0 radical (unpaired) electrons. The quantitative estimate of drug-likeness (QED) is 0.160. The Hall–Kier alpha value is -9.32. The molecule has 12 aromatic rings. The highest BCUT2D eigenvalue weighted by Gasteiger charge is 2.51. The maximum absolute atomic E-state index is 5.23. The van der Waals surface area contributed by atoms with Crippen molar-refractivity contribution in [2.75, 3.05) is 0 Å². The molecule has 5 heteroatoms. The standard InChI is InChI=1S/C65H41N5/c1-4-18-42(19-5-1)61-67-62(43-20-6-2-7-21-43)69-63(68-61)48-24-16-22-44(38-48)46-34-36-53-51-28-10-12-30-55(51)65(57(53)40-46)56-31-13-11-29-52(56)54-37-35-47(41-58(54)65)45-23-17-25-49(39-45)64-66-59-32-14-15-33-60(59)70(64)50-26-8-3-9-27-50/h1-41H. The topological polar surface area (TPSA) is 56.5 Å². The second kappa shape index (κ2) is 15.9. The van der Waals surface area contributed by atoms with Crippen LogP contribution >= 0.6 is 0 Å². The van der Waals surface area contributed by atoms with Crippen LogP contribution in [-0.2, 0) is 5.41 Å². The Morgan fingerprint density at radius 3 is 1.27 bits per heavy atom. The lowest BCUT2D eigenvalue weighted by atomic mass is 9.70. The Kier molecular flexibility index (Phi) is 9.04. The lowest BCUT2D eigenvalue weighted by molar-refractivity contribution is 0.794. The molecule has 2 aliphatic rings. The largest absolute Gasteiger partial charge is 0.292 e. The number of fused-ring (bicyclic) bond motifs is 11. The van der Waals surface area contributed by atoms with E-state index in [-0.39, 0.29) is 0 Å². The highest BCUT2D eigenvalue weighted by molar-refractivity contribution is 5.97. The van der Waals surface area contributed by atoms with Crippen molar-refractivity contribution < 1.29 is 0 Å². The summed E-state index contributed by atoms with van der Waals surface area (Å²) in [5, 5.41) is 0. The molecule has 0 bridgehead atoms. The number of hydrogen-bond acceptors (Lipinski definition) is 4. The summed E-state index contributed by atoms with van der Waals surface area (Å²) in [6.45, 7) is 0. The van der Waals surface area contributed by atoms with Crippen LogP contribution in [0.4, 0.5) is 0 Å². The van der Waals surface area contributed by atoms with Crippen molar-refractivity contribution in [2.24, 2.45) is 0 Å². The molecule has 10 aromatic carbocycles. The maximum Gasteiger partial charge on any atom is 0.164 e. The first-order valence-corrected chi connectivity index (χ1v) is 23.8. The molecular formula is C65H41N5. The zero-order chi connectivity index (χ0) is 46.2. The van der Waals surface area contributed by atoms with E-state index >= 15 is 0 Å². The van der Waals surface area contributed by atoms with Crippen molar-refractivity contribution in [2.45, 2.75) is 5.41 Å². The van der Waals surface area contributed by atoms with Crippen LogP contribution in [0.1, 0.15) is 22.3 Å². The van der Waals surface area contributed by atoms with Gasteiger partial charge in [0.15, 0.2) is 17.5 Å². The van der Waals surface area contributed by atoms with E-state index in [1.165, 1.54) is 44.5 Å². The predicted octanol–water partition coefficient (Wildman–Crippen LogP) is 15.6. The molecule has 5 nitrogen and oxygen atoms in total. The first-order valence-electron chi connectivity index (χ1n) is 23.8. The molecule has 14 rings (SSSR count). The molecule has 1 unspecified atom stereocenters. The van der Waals surface area contributed by atoms with Crippen molar-refractivity contribution in [3.05, 3.63) is 271 Å². The van der Waals surface area contributed by atoms with Gasteiger partial charge in [0.05, 0.1) is 16.4 Å². The summed E-state index contributed by atoms with van der Waals surface area (Å²) in [4.78, 5) is 20.4. The van der Waals surface area contributed by atoms with Crippen LogP contribution in [0, 0.1) is 0 Å². The molecule has 0 N–H and O–H groups in total. The van der Waals surface area contributed by atoms with Crippen molar-refractivity contribution in [1.29, 1.82) is 0 Å². The molecule has 2 aromatic heterocycles. The van der Waals surface area contributed by atoms with Crippen LogP contribution in [0.3, 0.4) is 0 Å². The molecular weight excluding hydrogens is 851 g/mol. The van der Waals surface area contributed by atoms with Gasteiger partial charge in [0.1, 0.15) is 5.82 Å². The minimum absolute atomic E-state index is 0.552. The average molecular weight is 892 g/mol. The molecule has 2 aliphatic carbocycles. The van der Waals surface area contributed by atoms with E-state index in [0.29, 0.717) is 17.5 Å². The van der Waals surface area contributed by atoms with Crippen LogP contribution in [0.2, 0.25) is 0 Å². The molecule has 0 saturated heterocycles.